The molecule has 6 nitrogen and oxygen atoms in total. The van der Waals surface area contributed by atoms with Crippen LogP contribution in [-0.2, 0) is 11.8 Å². The Morgan fingerprint density at radius 1 is 1.14 bits per heavy atom. The average Bonchev–Trinajstić information content (AvgIpc) is 3.25. The standard InChI is InChI=1S/C21H21N5OS/c1-14(27)23-15-8-10-16(11-9-15)26-20(18-7-5-13-25(18)2)19(24-21(26)28)17-6-3-4-12-22-17/h3-13,19-20H,1-2H3,(H,23,27)(H,24,28)/t19-,20+/m0/s1. The van der Waals surface area contributed by atoms with Crippen LogP contribution in [0, 0.1) is 0 Å². The number of aromatic nitrogens is 2. The molecule has 1 aliphatic rings. The Bertz CT molecular complexity index is 999. The second-order valence-corrected chi connectivity index (χ2v) is 7.16. The first-order valence-electron chi connectivity index (χ1n) is 9.04. The van der Waals surface area contributed by atoms with Crippen LogP contribution < -0.4 is 15.5 Å². The predicted molar refractivity (Wildman–Crippen MR) is 114 cm³/mol. The third-order valence-electron chi connectivity index (χ3n) is 4.85. The van der Waals surface area contributed by atoms with Gasteiger partial charge in [-0.3, -0.25) is 9.78 Å². The molecule has 1 saturated heterocycles. The summed E-state index contributed by atoms with van der Waals surface area (Å²) in [7, 11) is 2.03. The minimum atomic E-state index is -0.0944. The summed E-state index contributed by atoms with van der Waals surface area (Å²) in [6, 6.07) is 17.6. The van der Waals surface area contributed by atoms with Crippen molar-refractivity contribution in [2.45, 2.75) is 19.0 Å². The molecule has 7 heteroatoms. The van der Waals surface area contributed by atoms with E-state index in [9.17, 15) is 4.79 Å². The van der Waals surface area contributed by atoms with Gasteiger partial charge in [-0.25, -0.2) is 0 Å². The molecular weight excluding hydrogens is 370 g/mol. The van der Waals surface area contributed by atoms with E-state index in [1.807, 2.05) is 61.8 Å². The number of carbonyl (C=O) groups excluding carboxylic acids is 1. The fraction of sp³-hybridized carbons (Fsp3) is 0.190. The van der Waals surface area contributed by atoms with E-state index in [0.717, 1.165) is 22.8 Å². The lowest BCUT2D eigenvalue weighted by Crippen LogP contribution is -2.30. The number of pyridine rings is 1. The van der Waals surface area contributed by atoms with E-state index in [1.165, 1.54) is 6.92 Å². The Morgan fingerprint density at radius 2 is 1.93 bits per heavy atom. The molecule has 0 unspecified atom stereocenters. The first-order valence-corrected chi connectivity index (χ1v) is 9.45. The zero-order valence-electron chi connectivity index (χ0n) is 15.7. The van der Waals surface area contributed by atoms with Crippen molar-refractivity contribution in [2.24, 2.45) is 7.05 Å². The van der Waals surface area contributed by atoms with Crippen molar-refractivity contribution >= 4 is 34.6 Å². The molecule has 0 radical (unpaired) electrons. The highest BCUT2D eigenvalue weighted by atomic mass is 32.1. The largest absolute Gasteiger partial charge is 0.353 e. The third kappa shape index (κ3) is 3.36. The Kier molecular flexibility index (Phi) is 4.83. The topological polar surface area (TPSA) is 62.2 Å². The Morgan fingerprint density at radius 3 is 2.54 bits per heavy atom. The number of benzene rings is 1. The van der Waals surface area contributed by atoms with E-state index < -0.39 is 0 Å². The van der Waals surface area contributed by atoms with Crippen molar-refractivity contribution in [3.8, 4) is 0 Å². The van der Waals surface area contributed by atoms with Crippen LogP contribution in [0.3, 0.4) is 0 Å². The summed E-state index contributed by atoms with van der Waals surface area (Å²) in [5, 5.41) is 6.89. The first kappa shape index (κ1) is 18.2. The van der Waals surface area contributed by atoms with Crippen LogP contribution in [0.4, 0.5) is 11.4 Å². The van der Waals surface area contributed by atoms with Crippen LogP contribution in [0.25, 0.3) is 0 Å². The van der Waals surface area contributed by atoms with Crippen LogP contribution in [0.5, 0.6) is 0 Å². The van der Waals surface area contributed by atoms with Crippen molar-refractivity contribution in [2.75, 3.05) is 10.2 Å². The highest BCUT2D eigenvalue weighted by molar-refractivity contribution is 7.80. The van der Waals surface area contributed by atoms with Gasteiger partial charge in [0.25, 0.3) is 0 Å². The van der Waals surface area contributed by atoms with Gasteiger partial charge in [0.1, 0.15) is 6.04 Å². The van der Waals surface area contributed by atoms with E-state index in [-0.39, 0.29) is 18.0 Å². The lowest BCUT2D eigenvalue weighted by Gasteiger charge is -2.28. The number of aryl methyl sites for hydroxylation is 1. The number of hydrogen-bond donors (Lipinski definition) is 2. The first-order chi connectivity index (χ1) is 13.5. The van der Waals surface area contributed by atoms with Gasteiger partial charge in [-0.15, -0.1) is 0 Å². The van der Waals surface area contributed by atoms with E-state index in [2.05, 4.69) is 31.2 Å². The fourth-order valence-electron chi connectivity index (χ4n) is 3.62. The van der Waals surface area contributed by atoms with Crippen LogP contribution in [0.15, 0.2) is 67.0 Å². The van der Waals surface area contributed by atoms with E-state index in [4.69, 9.17) is 12.2 Å². The van der Waals surface area contributed by atoms with Crippen molar-refractivity contribution in [3.05, 3.63) is 78.4 Å². The lowest BCUT2D eigenvalue weighted by molar-refractivity contribution is -0.114. The minimum absolute atomic E-state index is 0.0472. The van der Waals surface area contributed by atoms with Crippen LogP contribution >= 0.6 is 12.2 Å². The third-order valence-corrected chi connectivity index (χ3v) is 5.17. The highest BCUT2D eigenvalue weighted by Gasteiger charge is 2.41. The molecule has 0 spiro atoms. The maximum absolute atomic E-state index is 11.3. The molecule has 3 aromatic rings. The van der Waals surface area contributed by atoms with Gasteiger partial charge in [0.05, 0.1) is 11.7 Å². The number of anilines is 2. The lowest BCUT2D eigenvalue weighted by atomic mass is 10.0. The Hall–Kier alpha value is -3.19. The molecular formula is C21H21N5OS. The average molecular weight is 392 g/mol. The molecule has 142 valence electrons. The number of nitrogens with zero attached hydrogens (tertiary/aromatic N) is 3. The summed E-state index contributed by atoms with van der Waals surface area (Å²) in [5.41, 5.74) is 3.78. The molecule has 1 aliphatic heterocycles. The normalized spacial score (nSPS) is 18.8. The summed E-state index contributed by atoms with van der Waals surface area (Å²) >= 11 is 5.70. The number of carbonyl (C=O) groups is 1. The SMILES string of the molecule is CC(=O)Nc1ccc(N2C(=S)N[C@@H](c3ccccn3)[C@H]2c2cccn2C)cc1. The summed E-state index contributed by atoms with van der Waals surface area (Å²) in [6.07, 6.45) is 3.83. The minimum Gasteiger partial charge on any atom is -0.353 e. The molecule has 4 rings (SSSR count). The molecule has 2 atom stereocenters. The van der Waals surface area contributed by atoms with Gasteiger partial charge in [0, 0.05) is 43.4 Å². The summed E-state index contributed by atoms with van der Waals surface area (Å²) in [4.78, 5) is 18.0. The summed E-state index contributed by atoms with van der Waals surface area (Å²) in [5.74, 6) is -0.0944. The molecule has 0 aliphatic carbocycles. The van der Waals surface area contributed by atoms with Crippen LogP contribution in [0.2, 0.25) is 0 Å². The van der Waals surface area contributed by atoms with E-state index in [0.29, 0.717) is 5.11 Å². The van der Waals surface area contributed by atoms with Gasteiger partial charge in [-0.2, -0.15) is 0 Å². The van der Waals surface area contributed by atoms with Crippen molar-refractivity contribution in [1.29, 1.82) is 0 Å². The molecule has 1 fully saturated rings. The number of hydrogen-bond acceptors (Lipinski definition) is 3. The van der Waals surface area contributed by atoms with Crippen molar-refractivity contribution in [1.82, 2.24) is 14.9 Å². The monoisotopic (exact) mass is 391 g/mol. The maximum Gasteiger partial charge on any atom is 0.221 e. The van der Waals surface area contributed by atoms with Crippen LogP contribution in [-0.4, -0.2) is 20.6 Å². The number of amides is 1. The second kappa shape index (κ2) is 7.44. The smallest absolute Gasteiger partial charge is 0.221 e. The van der Waals surface area contributed by atoms with Gasteiger partial charge in [-0.1, -0.05) is 6.07 Å². The second-order valence-electron chi connectivity index (χ2n) is 6.77. The Labute approximate surface area is 169 Å². The fourth-order valence-corrected chi connectivity index (χ4v) is 3.97. The zero-order valence-corrected chi connectivity index (χ0v) is 16.5. The van der Waals surface area contributed by atoms with Crippen LogP contribution in [0.1, 0.15) is 30.4 Å². The zero-order chi connectivity index (χ0) is 19.7. The molecule has 3 heterocycles. The highest BCUT2D eigenvalue weighted by Crippen LogP contribution is 2.41. The molecule has 1 aromatic carbocycles. The predicted octanol–water partition coefficient (Wildman–Crippen LogP) is 3.56. The number of rotatable bonds is 4. The molecule has 0 saturated carbocycles. The molecule has 28 heavy (non-hydrogen) atoms. The van der Waals surface area contributed by atoms with Gasteiger partial charge in [-0.05, 0) is 60.7 Å². The van der Waals surface area contributed by atoms with Crippen molar-refractivity contribution < 1.29 is 4.79 Å². The van der Waals surface area contributed by atoms with Crippen molar-refractivity contribution in [3.63, 3.8) is 0 Å². The molecule has 1 amide bonds. The number of nitrogens with one attached hydrogen (secondary N) is 2. The number of thiocarbonyl (C=S) groups is 1. The molecule has 2 N–H and O–H groups in total. The van der Waals surface area contributed by atoms with Gasteiger partial charge in [0.15, 0.2) is 5.11 Å². The van der Waals surface area contributed by atoms with E-state index >= 15 is 0 Å². The molecule has 2 aromatic heterocycles. The quantitative estimate of drug-likeness (QED) is 0.666. The maximum atomic E-state index is 11.3. The van der Waals surface area contributed by atoms with E-state index in [1.54, 1.807) is 6.20 Å². The summed E-state index contributed by atoms with van der Waals surface area (Å²) < 4.78 is 2.11. The van der Waals surface area contributed by atoms with Gasteiger partial charge in [0.2, 0.25) is 5.91 Å². The van der Waals surface area contributed by atoms with Gasteiger partial charge >= 0.3 is 0 Å². The Balaban J connectivity index is 1.75. The summed E-state index contributed by atoms with van der Waals surface area (Å²) in [6.45, 7) is 1.50. The van der Waals surface area contributed by atoms with Gasteiger partial charge < -0.3 is 20.1 Å². The molecule has 0 bridgehead atoms.